The number of benzene rings is 4. The van der Waals surface area contributed by atoms with Crippen LogP contribution in [0.3, 0.4) is 0 Å². The minimum atomic E-state index is -0.782. The van der Waals surface area contributed by atoms with Crippen LogP contribution in [0.4, 0.5) is 11.4 Å². The molecule has 5 aromatic rings. The number of fused-ring (bicyclic) bond motifs is 3. The fourth-order valence-corrected chi connectivity index (χ4v) is 8.69. The summed E-state index contributed by atoms with van der Waals surface area (Å²) in [7, 11) is 0. The number of imide groups is 1. The van der Waals surface area contributed by atoms with Gasteiger partial charge in [0.05, 0.1) is 16.6 Å². The number of thioether (sulfide) groups is 1. The quantitative estimate of drug-likeness (QED) is 0.198. The van der Waals surface area contributed by atoms with Crippen molar-refractivity contribution in [2.75, 3.05) is 16.8 Å². The molecule has 220 valence electrons. The highest BCUT2D eigenvalue weighted by molar-refractivity contribution is 9.10. The Morgan fingerprint density at radius 1 is 0.955 bits per heavy atom. The normalized spacial score (nSPS) is 19.1. The number of amides is 3. The lowest BCUT2D eigenvalue weighted by Gasteiger charge is -2.31. The summed E-state index contributed by atoms with van der Waals surface area (Å²) >= 11 is 5.78. The van der Waals surface area contributed by atoms with Gasteiger partial charge in [-0.25, -0.2) is 4.90 Å². The summed E-state index contributed by atoms with van der Waals surface area (Å²) in [6.07, 6.45) is 0. The van der Waals surface area contributed by atoms with Gasteiger partial charge in [0.25, 0.3) is 5.91 Å². The third-order valence-electron chi connectivity index (χ3n) is 7.81. The van der Waals surface area contributed by atoms with E-state index in [1.165, 1.54) is 16.7 Å². The Morgan fingerprint density at radius 2 is 1.73 bits per heavy atom. The fraction of sp³-hybridized carbons (Fsp3) is 0.152. The minimum Gasteiger partial charge on any atom is -0.483 e. The fourth-order valence-electron chi connectivity index (χ4n) is 5.80. The van der Waals surface area contributed by atoms with E-state index in [0.717, 1.165) is 32.1 Å². The maximum atomic E-state index is 14.1. The van der Waals surface area contributed by atoms with Crippen LogP contribution in [0.1, 0.15) is 21.9 Å². The monoisotopic (exact) mass is 685 g/mol. The van der Waals surface area contributed by atoms with Gasteiger partial charge in [0, 0.05) is 26.5 Å². The number of aromatic amines is 1. The second-order valence-electron chi connectivity index (χ2n) is 10.7. The first kappa shape index (κ1) is 28.6. The summed E-state index contributed by atoms with van der Waals surface area (Å²) in [5, 5.41) is 4.78. The number of aryl methyl sites for hydroxylation is 1. The number of hydrogen-bond donors (Lipinski definition) is 2. The van der Waals surface area contributed by atoms with E-state index in [-0.39, 0.29) is 29.2 Å². The SMILES string of the molecule is Cc1ccc(N2C(=O)C3Sc4[nH]c(=O)sc4[C@H](c4cc(Br)ccc4OCC(=O)Nc4ccc5ccccc5c4)C3C2=O)cc1. The highest BCUT2D eigenvalue weighted by Gasteiger charge is 2.56. The maximum Gasteiger partial charge on any atom is 0.305 e. The number of halogens is 1. The molecule has 7 rings (SSSR count). The smallest absolute Gasteiger partial charge is 0.305 e. The van der Waals surface area contributed by atoms with E-state index in [0.29, 0.717) is 32.6 Å². The van der Waals surface area contributed by atoms with Crippen LogP contribution in [0.5, 0.6) is 5.75 Å². The second-order valence-corrected chi connectivity index (χ2v) is 13.8. The molecular formula is C33H24BrN3O5S2. The maximum absolute atomic E-state index is 14.1. The molecule has 2 aliphatic rings. The molecule has 4 aromatic carbocycles. The van der Waals surface area contributed by atoms with Crippen LogP contribution in [0.15, 0.2) is 99.2 Å². The summed E-state index contributed by atoms with van der Waals surface area (Å²) in [6.45, 7) is 1.66. The Labute approximate surface area is 268 Å². The lowest BCUT2D eigenvalue weighted by atomic mass is 9.82. The lowest BCUT2D eigenvalue weighted by molar-refractivity contribution is -0.122. The van der Waals surface area contributed by atoms with Crippen molar-refractivity contribution >= 4 is 78.9 Å². The van der Waals surface area contributed by atoms with Gasteiger partial charge in [0.15, 0.2) is 6.61 Å². The van der Waals surface area contributed by atoms with E-state index < -0.39 is 17.1 Å². The Kier molecular flexibility index (Phi) is 7.39. The van der Waals surface area contributed by atoms with Gasteiger partial charge in [-0.3, -0.25) is 19.2 Å². The molecule has 44 heavy (non-hydrogen) atoms. The Bertz CT molecular complexity index is 2020. The van der Waals surface area contributed by atoms with E-state index in [9.17, 15) is 19.2 Å². The number of rotatable bonds is 6. The molecule has 3 atom stereocenters. The van der Waals surface area contributed by atoms with Gasteiger partial charge in [-0.1, -0.05) is 87.1 Å². The number of ether oxygens (including phenoxy) is 1. The highest BCUT2D eigenvalue weighted by Crippen LogP contribution is 2.54. The molecule has 8 nitrogen and oxygen atoms in total. The first-order chi connectivity index (χ1) is 21.3. The molecule has 0 spiro atoms. The molecule has 2 N–H and O–H groups in total. The van der Waals surface area contributed by atoms with E-state index in [1.807, 2.05) is 67.6 Å². The van der Waals surface area contributed by atoms with Crippen molar-refractivity contribution in [1.82, 2.24) is 4.98 Å². The van der Waals surface area contributed by atoms with Gasteiger partial charge in [-0.15, -0.1) is 0 Å². The van der Waals surface area contributed by atoms with Gasteiger partial charge in [-0.2, -0.15) is 0 Å². The molecule has 11 heteroatoms. The van der Waals surface area contributed by atoms with Crippen molar-refractivity contribution in [2.45, 2.75) is 23.1 Å². The zero-order valence-electron chi connectivity index (χ0n) is 23.2. The van der Waals surface area contributed by atoms with Crippen LogP contribution in [0.25, 0.3) is 10.8 Å². The van der Waals surface area contributed by atoms with Gasteiger partial charge >= 0.3 is 4.87 Å². The van der Waals surface area contributed by atoms with Crippen LogP contribution in [-0.2, 0) is 14.4 Å². The van der Waals surface area contributed by atoms with E-state index in [2.05, 4.69) is 26.2 Å². The summed E-state index contributed by atoms with van der Waals surface area (Å²) in [6, 6.07) is 26.2. The Hall–Kier alpha value is -4.19. The Morgan fingerprint density at radius 3 is 2.52 bits per heavy atom. The summed E-state index contributed by atoms with van der Waals surface area (Å²) in [5.74, 6) is -2.06. The molecule has 0 saturated carbocycles. The van der Waals surface area contributed by atoms with Crippen molar-refractivity contribution in [3.8, 4) is 5.75 Å². The third kappa shape index (κ3) is 5.14. The molecule has 0 aliphatic carbocycles. The van der Waals surface area contributed by atoms with Gasteiger partial charge in [-0.05, 0) is 60.2 Å². The number of carbonyl (C=O) groups excluding carboxylic acids is 3. The molecule has 2 aliphatic heterocycles. The average molecular weight is 687 g/mol. The molecule has 0 bridgehead atoms. The van der Waals surface area contributed by atoms with Gasteiger partial charge in [0.1, 0.15) is 11.0 Å². The number of thiazole rings is 1. The highest BCUT2D eigenvalue weighted by atomic mass is 79.9. The largest absolute Gasteiger partial charge is 0.483 e. The van der Waals surface area contributed by atoms with Crippen molar-refractivity contribution in [3.05, 3.63) is 115 Å². The van der Waals surface area contributed by atoms with Gasteiger partial charge < -0.3 is 15.0 Å². The third-order valence-corrected chi connectivity index (χ3v) is 10.7. The zero-order valence-corrected chi connectivity index (χ0v) is 26.4. The summed E-state index contributed by atoms with van der Waals surface area (Å²) < 4.78 is 6.82. The molecule has 0 radical (unpaired) electrons. The molecule has 1 aromatic heterocycles. The molecule has 3 heterocycles. The van der Waals surface area contributed by atoms with Crippen LogP contribution in [-0.4, -0.2) is 34.6 Å². The average Bonchev–Trinajstić information content (AvgIpc) is 3.51. The molecular weight excluding hydrogens is 662 g/mol. The summed E-state index contributed by atoms with van der Waals surface area (Å²) in [4.78, 5) is 57.9. The number of carbonyl (C=O) groups is 3. The summed E-state index contributed by atoms with van der Waals surface area (Å²) in [5.41, 5.74) is 2.77. The lowest BCUT2D eigenvalue weighted by Crippen LogP contribution is -2.32. The predicted molar refractivity (Wildman–Crippen MR) is 176 cm³/mol. The number of nitrogens with one attached hydrogen (secondary N) is 2. The van der Waals surface area contributed by atoms with Crippen LogP contribution in [0, 0.1) is 12.8 Å². The molecule has 2 unspecified atom stereocenters. The Balaban J connectivity index is 1.21. The first-order valence-corrected chi connectivity index (χ1v) is 16.3. The molecule has 1 saturated heterocycles. The second kappa shape index (κ2) is 11.4. The minimum absolute atomic E-state index is 0.269. The van der Waals surface area contributed by atoms with Crippen LogP contribution < -0.4 is 19.8 Å². The number of aromatic nitrogens is 1. The van der Waals surface area contributed by atoms with E-state index >= 15 is 0 Å². The standard InChI is InChI=1S/C33H24BrN3O5S2/c1-17-6-11-22(12-7-17)37-31(39)27-26(28-30(36-33(41)44-28)43-29(27)32(37)40)23-15-20(34)9-13-24(23)42-16-25(38)35-21-10-8-18-4-2-3-5-19(18)14-21/h2-15,26-27,29H,16H2,1H3,(H,35,38)(H,36,41)/t26-,27?,29?/m1/s1. The van der Waals surface area contributed by atoms with Crippen LogP contribution in [0.2, 0.25) is 0 Å². The van der Waals surface area contributed by atoms with Crippen molar-refractivity contribution < 1.29 is 19.1 Å². The van der Waals surface area contributed by atoms with E-state index in [4.69, 9.17) is 4.74 Å². The van der Waals surface area contributed by atoms with Crippen LogP contribution >= 0.6 is 39.0 Å². The zero-order chi connectivity index (χ0) is 30.5. The topological polar surface area (TPSA) is 109 Å². The van der Waals surface area contributed by atoms with Crippen molar-refractivity contribution in [3.63, 3.8) is 0 Å². The van der Waals surface area contributed by atoms with Crippen molar-refractivity contribution in [2.24, 2.45) is 5.92 Å². The molecule has 3 amide bonds. The number of anilines is 2. The first-order valence-electron chi connectivity index (χ1n) is 13.8. The van der Waals surface area contributed by atoms with Gasteiger partial charge in [0.2, 0.25) is 11.8 Å². The predicted octanol–water partition coefficient (Wildman–Crippen LogP) is 6.47. The van der Waals surface area contributed by atoms with Crippen molar-refractivity contribution in [1.29, 1.82) is 0 Å². The molecule has 1 fully saturated rings. The number of H-pyrrole nitrogens is 1. The number of nitrogens with zero attached hydrogens (tertiary/aromatic N) is 1. The van der Waals surface area contributed by atoms with E-state index in [1.54, 1.807) is 24.3 Å². The number of hydrogen-bond acceptors (Lipinski definition) is 7.